The molecular formula is C20H34N4O3S. The van der Waals surface area contributed by atoms with E-state index in [0.29, 0.717) is 11.6 Å². The lowest BCUT2D eigenvalue weighted by Gasteiger charge is -2.20. The second-order valence-corrected chi connectivity index (χ2v) is 8.83. The van der Waals surface area contributed by atoms with Gasteiger partial charge in [0.1, 0.15) is 0 Å². The molecule has 1 atom stereocenters. The zero-order valence-corrected chi connectivity index (χ0v) is 18.2. The van der Waals surface area contributed by atoms with Crippen LogP contribution in [-0.2, 0) is 4.79 Å². The van der Waals surface area contributed by atoms with Crippen molar-refractivity contribution < 1.29 is 14.0 Å². The van der Waals surface area contributed by atoms with Crippen LogP contribution in [0.15, 0.2) is 9.64 Å². The van der Waals surface area contributed by atoms with Gasteiger partial charge >= 0.3 is 0 Å². The summed E-state index contributed by atoms with van der Waals surface area (Å²) >= 11 is 1.43. The number of nitrogens with zero attached hydrogens (tertiary/aromatic N) is 3. The molecule has 7 nitrogen and oxygen atoms in total. The van der Waals surface area contributed by atoms with Crippen molar-refractivity contribution in [1.29, 1.82) is 0 Å². The van der Waals surface area contributed by atoms with Gasteiger partial charge in [0.2, 0.25) is 11.7 Å². The molecule has 1 amide bonds. The van der Waals surface area contributed by atoms with Crippen LogP contribution in [-0.4, -0.2) is 59.2 Å². The lowest BCUT2D eigenvalue weighted by Crippen LogP contribution is -2.43. The molecule has 0 aromatic carbocycles. The number of ketones is 1. The summed E-state index contributed by atoms with van der Waals surface area (Å²) in [6, 6.07) is -0.587. The molecule has 2 rings (SSSR count). The fourth-order valence-electron chi connectivity index (χ4n) is 3.34. The van der Waals surface area contributed by atoms with Crippen LogP contribution in [0.3, 0.4) is 0 Å². The predicted molar refractivity (Wildman–Crippen MR) is 111 cm³/mol. The Hall–Kier alpha value is -1.41. The number of rotatable bonds is 11. The maximum atomic E-state index is 12.9. The smallest absolute Gasteiger partial charge is 0.286 e. The predicted octanol–water partition coefficient (Wildman–Crippen LogP) is 3.55. The third kappa shape index (κ3) is 7.54. The number of amides is 1. The van der Waals surface area contributed by atoms with Crippen molar-refractivity contribution in [2.75, 3.05) is 26.4 Å². The van der Waals surface area contributed by atoms with Crippen molar-refractivity contribution >= 4 is 23.5 Å². The Morgan fingerprint density at radius 1 is 1.21 bits per heavy atom. The summed E-state index contributed by atoms with van der Waals surface area (Å²) in [6.45, 7) is 2.95. The molecule has 1 aromatic heterocycles. The summed E-state index contributed by atoms with van der Waals surface area (Å²) in [7, 11) is 4.00. The molecular weight excluding hydrogens is 376 g/mol. The molecule has 28 heavy (non-hydrogen) atoms. The van der Waals surface area contributed by atoms with Crippen molar-refractivity contribution in [2.45, 2.75) is 76.0 Å². The zero-order valence-electron chi connectivity index (χ0n) is 17.4. The fourth-order valence-corrected chi connectivity index (χ4v) is 4.21. The van der Waals surface area contributed by atoms with E-state index in [1.165, 1.54) is 24.6 Å². The molecule has 1 aliphatic rings. The second-order valence-electron chi connectivity index (χ2n) is 7.78. The Morgan fingerprint density at radius 2 is 1.93 bits per heavy atom. The third-order valence-corrected chi connectivity index (χ3v) is 5.89. The molecule has 158 valence electrons. The van der Waals surface area contributed by atoms with Crippen LogP contribution in [0.25, 0.3) is 0 Å². The van der Waals surface area contributed by atoms with Gasteiger partial charge in [0.15, 0.2) is 0 Å². The van der Waals surface area contributed by atoms with E-state index in [4.69, 9.17) is 4.42 Å². The van der Waals surface area contributed by atoms with Gasteiger partial charge in [0, 0.05) is 18.2 Å². The Kier molecular flexibility index (Phi) is 9.98. The molecule has 1 saturated carbocycles. The van der Waals surface area contributed by atoms with Crippen molar-refractivity contribution in [1.82, 2.24) is 20.4 Å². The van der Waals surface area contributed by atoms with Crippen LogP contribution < -0.4 is 5.32 Å². The van der Waals surface area contributed by atoms with Gasteiger partial charge in [-0.3, -0.25) is 9.59 Å². The largest absolute Gasteiger partial charge is 0.408 e. The first-order valence-electron chi connectivity index (χ1n) is 10.5. The topological polar surface area (TPSA) is 88.3 Å². The Morgan fingerprint density at radius 3 is 2.57 bits per heavy atom. The van der Waals surface area contributed by atoms with E-state index in [1.54, 1.807) is 0 Å². The summed E-state index contributed by atoms with van der Waals surface area (Å²) in [5.74, 6) is 0.535. The Balaban J connectivity index is 1.97. The number of carbonyl (C=O) groups is 2. The maximum absolute atomic E-state index is 12.9. The SMILES string of the molecule is CCCCC(NC(=O)C1CCCCCC1)C(=O)c1nnc(SCCN(C)C)o1. The summed E-state index contributed by atoms with van der Waals surface area (Å²) < 4.78 is 5.56. The van der Waals surface area contributed by atoms with Crippen molar-refractivity contribution in [3.8, 4) is 0 Å². The first-order chi connectivity index (χ1) is 13.5. The highest BCUT2D eigenvalue weighted by atomic mass is 32.2. The van der Waals surface area contributed by atoms with Crippen LogP contribution in [0.2, 0.25) is 0 Å². The number of thioether (sulfide) groups is 1. The van der Waals surface area contributed by atoms with Crippen molar-refractivity contribution in [2.24, 2.45) is 5.92 Å². The van der Waals surface area contributed by atoms with E-state index in [-0.39, 0.29) is 23.5 Å². The second kappa shape index (κ2) is 12.2. The first-order valence-corrected chi connectivity index (χ1v) is 11.5. The van der Waals surface area contributed by atoms with Crippen LogP contribution in [0.5, 0.6) is 0 Å². The number of nitrogens with one attached hydrogen (secondary N) is 1. The Labute approximate surface area is 172 Å². The molecule has 0 spiro atoms. The van der Waals surface area contributed by atoms with Gasteiger partial charge in [-0.1, -0.05) is 57.2 Å². The molecule has 0 saturated heterocycles. The summed E-state index contributed by atoms with van der Waals surface area (Å²) in [4.78, 5) is 27.7. The molecule has 1 aliphatic carbocycles. The number of hydrogen-bond donors (Lipinski definition) is 1. The van der Waals surface area contributed by atoms with Gasteiger partial charge in [-0.25, -0.2) is 0 Å². The number of aromatic nitrogens is 2. The van der Waals surface area contributed by atoms with Crippen LogP contribution in [0.4, 0.5) is 0 Å². The molecule has 0 bridgehead atoms. The van der Waals surface area contributed by atoms with Gasteiger partial charge in [0.25, 0.3) is 11.1 Å². The van der Waals surface area contributed by atoms with E-state index >= 15 is 0 Å². The van der Waals surface area contributed by atoms with Gasteiger partial charge in [-0.2, -0.15) is 0 Å². The summed E-state index contributed by atoms with van der Waals surface area (Å²) in [5, 5.41) is 11.3. The van der Waals surface area contributed by atoms with Gasteiger partial charge < -0.3 is 14.6 Å². The van der Waals surface area contributed by atoms with E-state index in [0.717, 1.165) is 50.8 Å². The minimum Gasteiger partial charge on any atom is -0.408 e. The number of unbranched alkanes of at least 4 members (excludes halogenated alkanes) is 1. The normalized spacial score (nSPS) is 16.7. The maximum Gasteiger partial charge on any atom is 0.286 e. The third-order valence-electron chi connectivity index (χ3n) is 5.09. The summed E-state index contributed by atoms with van der Waals surface area (Å²) in [5.41, 5.74) is 0. The number of carbonyl (C=O) groups excluding carboxylic acids is 2. The van der Waals surface area contributed by atoms with Crippen molar-refractivity contribution in [3.63, 3.8) is 0 Å². The average molecular weight is 411 g/mol. The zero-order chi connectivity index (χ0) is 20.4. The summed E-state index contributed by atoms with van der Waals surface area (Å²) in [6.07, 6.45) is 8.79. The molecule has 1 N–H and O–H groups in total. The van der Waals surface area contributed by atoms with E-state index in [9.17, 15) is 9.59 Å². The molecule has 0 radical (unpaired) electrons. The van der Waals surface area contributed by atoms with Crippen LogP contribution in [0.1, 0.15) is 75.4 Å². The molecule has 1 fully saturated rings. The molecule has 8 heteroatoms. The molecule has 1 heterocycles. The standard InChI is InChI=1S/C20H34N4O3S/c1-4-5-12-16(21-18(26)15-10-8-6-7-9-11-15)17(25)19-22-23-20(27-19)28-14-13-24(2)3/h15-16H,4-14H2,1-3H3,(H,21,26). The van der Waals surface area contributed by atoms with E-state index in [1.807, 2.05) is 14.1 Å². The van der Waals surface area contributed by atoms with Crippen molar-refractivity contribution in [3.05, 3.63) is 5.89 Å². The monoisotopic (exact) mass is 410 g/mol. The minimum absolute atomic E-state index is 0.00329. The first kappa shape index (κ1) is 22.9. The average Bonchev–Trinajstić information content (AvgIpc) is 2.96. The number of hydrogen-bond acceptors (Lipinski definition) is 7. The highest BCUT2D eigenvalue weighted by molar-refractivity contribution is 7.99. The van der Waals surface area contributed by atoms with Gasteiger partial charge in [-0.05, 0) is 33.4 Å². The minimum atomic E-state index is -0.587. The van der Waals surface area contributed by atoms with Gasteiger partial charge in [-0.15, -0.1) is 10.2 Å². The van der Waals surface area contributed by atoms with E-state index < -0.39 is 6.04 Å². The fraction of sp³-hybridized carbons (Fsp3) is 0.800. The molecule has 1 aromatic rings. The van der Waals surface area contributed by atoms with Crippen LogP contribution >= 0.6 is 11.8 Å². The van der Waals surface area contributed by atoms with Crippen LogP contribution in [0, 0.1) is 5.92 Å². The highest BCUT2D eigenvalue weighted by Gasteiger charge is 2.29. The highest BCUT2D eigenvalue weighted by Crippen LogP contribution is 2.24. The number of Topliss-reactive ketones (excluding diaryl/α,β-unsaturated/α-hetero) is 1. The van der Waals surface area contributed by atoms with Gasteiger partial charge in [0.05, 0.1) is 6.04 Å². The lowest BCUT2D eigenvalue weighted by atomic mass is 9.97. The quantitative estimate of drug-likeness (QED) is 0.339. The molecule has 1 unspecified atom stereocenters. The molecule has 0 aliphatic heterocycles. The van der Waals surface area contributed by atoms with E-state index in [2.05, 4.69) is 27.3 Å². The lowest BCUT2D eigenvalue weighted by molar-refractivity contribution is -0.125. The Bertz CT molecular complexity index is 612.